The first-order valence-electron chi connectivity index (χ1n) is 10.1. The van der Waals surface area contributed by atoms with Gasteiger partial charge < -0.3 is 14.4 Å². The van der Waals surface area contributed by atoms with Gasteiger partial charge in [0, 0.05) is 43.3 Å². The molecule has 1 unspecified atom stereocenters. The minimum absolute atomic E-state index is 0.0759. The van der Waals surface area contributed by atoms with Crippen LogP contribution in [-0.4, -0.2) is 64.3 Å². The molecular formula is C21H32N2O5S. The zero-order valence-corrected chi connectivity index (χ0v) is 18.8. The SMILES string of the molecule is COC(=O)C1CCN(S(=O)(=O)CC2CC(C)(C)N(C)c3cc(OC)ccc32)CC1. The maximum atomic E-state index is 13.2. The van der Waals surface area contributed by atoms with Crippen molar-refractivity contribution in [1.82, 2.24) is 4.31 Å². The van der Waals surface area contributed by atoms with Crippen LogP contribution in [0.5, 0.6) is 5.75 Å². The van der Waals surface area contributed by atoms with Crippen molar-refractivity contribution in [2.75, 3.05) is 45.0 Å². The van der Waals surface area contributed by atoms with Crippen LogP contribution in [0.1, 0.15) is 44.6 Å². The van der Waals surface area contributed by atoms with Gasteiger partial charge in [0.15, 0.2) is 0 Å². The van der Waals surface area contributed by atoms with Gasteiger partial charge in [-0.1, -0.05) is 6.07 Å². The Kier molecular flexibility index (Phi) is 6.15. The summed E-state index contributed by atoms with van der Waals surface area (Å²) in [5.41, 5.74) is 1.89. The molecule has 0 aromatic heterocycles. The molecule has 1 aromatic rings. The third-order valence-electron chi connectivity index (χ3n) is 6.49. The lowest BCUT2D eigenvalue weighted by Crippen LogP contribution is -2.48. The van der Waals surface area contributed by atoms with E-state index in [9.17, 15) is 13.2 Å². The van der Waals surface area contributed by atoms with E-state index in [1.807, 2.05) is 25.2 Å². The van der Waals surface area contributed by atoms with Gasteiger partial charge in [-0.05, 0) is 44.7 Å². The van der Waals surface area contributed by atoms with Crippen LogP contribution in [0.2, 0.25) is 0 Å². The Balaban J connectivity index is 1.80. The number of methoxy groups -OCH3 is 2. The Morgan fingerprint density at radius 2 is 1.86 bits per heavy atom. The molecule has 1 saturated heterocycles. The molecule has 29 heavy (non-hydrogen) atoms. The second kappa shape index (κ2) is 8.14. The number of carbonyl (C=O) groups is 1. The fourth-order valence-electron chi connectivity index (χ4n) is 4.51. The lowest BCUT2D eigenvalue weighted by Gasteiger charge is -2.46. The number of nitrogens with zero attached hydrogens (tertiary/aromatic N) is 2. The molecule has 0 saturated carbocycles. The molecule has 2 aliphatic rings. The van der Waals surface area contributed by atoms with Gasteiger partial charge >= 0.3 is 5.97 Å². The van der Waals surface area contributed by atoms with Crippen LogP contribution in [0.25, 0.3) is 0 Å². The van der Waals surface area contributed by atoms with Crippen LogP contribution in [-0.2, 0) is 19.6 Å². The fourth-order valence-corrected chi connectivity index (χ4v) is 6.29. The maximum Gasteiger partial charge on any atom is 0.308 e. The zero-order chi connectivity index (χ0) is 21.4. The molecule has 8 heteroatoms. The van der Waals surface area contributed by atoms with E-state index in [4.69, 9.17) is 9.47 Å². The highest BCUT2D eigenvalue weighted by Crippen LogP contribution is 2.44. The highest BCUT2D eigenvalue weighted by Gasteiger charge is 2.40. The molecule has 0 amide bonds. The maximum absolute atomic E-state index is 13.2. The molecule has 7 nitrogen and oxygen atoms in total. The summed E-state index contributed by atoms with van der Waals surface area (Å²) in [6, 6.07) is 5.87. The van der Waals surface area contributed by atoms with Crippen molar-refractivity contribution in [2.45, 2.75) is 44.6 Å². The molecule has 1 fully saturated rings. The van der Waals surface area contributed by atoms with Crippen molar-refractivity contribution in [3.8, 4) is 5.75 Å². The van der Waals surface area contributed by atoms with E-state index in [-0.39, 0.29) is 29.1 Å². The Morgan fingerprint density at radius 1 is 1.21 bits per heavy atom. The van der Waals surface area contributed by atoms with E-state index >= 15 is 0 Å². The minimum Gasteiger partial charge on any atom is -0.497 e. The smallest absolute Gasteiger partial charge is 0.308 e. The van der Waals surface area contributed by atoms with Crippen molar-refractivity contribution < 1.29 is 22.7 Å². The van der Waals surface area contributed by atoms with Gasteiger partial charge in [0.25, 0.3) is 0 Å². The molecular weight excluding hydrogens is 392 g/mol. The second-order valence-electron chi connectivity index (χ2n) is 8.67. The molecule has 0 N–H and O–H groups in total. The van der Waals surface area contributed by atoms with Crippen molar-refractivity contribution in [1.29, 1.82) is 0 Å². The first-order chi connectivity index (χ1) is 13.6. The molecule has 2 aliphatic heterocycles. The normalized spacial score (nSPS) is 22.8. The van der Waals surface area contributed by atoms with Gasteiger partial charge in [-0.25, -0.2) is 12.7 Å². The average Bonchev–Trinajstić information content (AvgIpc) is 2.70. The number of ether oxygens (including phenoxy) is 2. The van der Waals surface area contributed by atoms with E-state index in [1.54, 1.807) is 11.4 Å². The zero-order valence-electron chi connectivity index (χ0n) is 18.0. The highest BCUT2D eigenvalue weighted by atomic mass is 32.2. The van der Waals surface area contributed by atoms with Crippen LogP contribution in [0.15, 0.2) is 18.2 Å². The number of benzene rings is 1. The molecule has 1 aromatic carbocycles. The highest BCUT2D eigenvalue weighted by molar-refractivity contribution is 7.89. The summed E-state index contributed by atoms with van der Waals surface area (Å²) >= 11 is 0. The lowest BCUT2D eigenvalue weighted by atomic mass is 9.80. The van der Waals surface area contributed by atoms with Gasteiger partial charge in [0.2, 0.25) is 10.0 Å². The standard InChI is InChI=1S/C21H32N2O5S/c1-21(2)13-16(18-7-6-17(27-4)12-19(18)22(21)3)14-29(25,26)23-10-8-15(9-11-23)20(24)28-5/h6-7,12,15-16H,8-11,13-14H2,1-5H3. The number of rotatable bonds is 5. The summed E-state index contributed by atoms with van der Waals surface area (Å²) in [7, 11) is 1.62. The predicted molar refractivity (Wildman–Crippen MR) is 113 cm³/mol. The number of anilines is 1. The van der Waals surface area contributed by atoms with E-state index in [0.29, 0.717) is 25.9 Å². The number of esters is 1. The molecule has 3 rings (SSSR count). The molecule has 0 aliphatic carbocycles. The number of hydrogen-bond donors (Lipinski definition) is 0. The van der Waals surface area contributed by atoms with Crippen molar-refractivity contribution in [3.63, 3.8) is 0 Å². The monoisotopic (exact) mass is 424 g/mol. The number of hydrogen-bond acceptors (Lipinski definition) is 6. The number of carbonyl (C=O) groups excluding carboxylic acids is 1. The van der Waals surface area contributed by atoms with Gasteiger partial charge in [0.1, 0.15) is 5.75 Å². The predicted octanol–water partition coefficient (Wildman–Crippen LogP) is 2.61. The Morgan fingerprint density at radius 3 is 2.45 bits per heavy atom. The first-order valence-corrected chi connectivity index (χ1v) is 11.7. The summed E-state index contributed by atoms with van der Waals surface area (Å²) in [5.74, 6) is 0.293. The molecule has 0 bridgehead atoms. The molecule has 0 spiro atoms. The van der Waals surface area contributed by atoms with E-state index in [2.05, 4.69) is 18.7 Å². The van der Waals surface area contributed by atoms with E-state index in [0.717, 1.165) is 23.4 Å². The third kappa shape index (κ3) is 4.38. The van der Waals surface area contributed by atoms with Crippen LogP contribution >= 0.6 is 0 Å². The second-order valence-corrected chi connectivity index (χ2v) is 10.7. The average molecular weight is 425 g/mol. The Bertz CT molecular complexity index is 860. The fraction of sp³-hybridized carbons (Fsp3) is 0.667. The first kappa shape index (κ1) is 21.9. The summed E-state index contributed by atoms with van der Waals surface area (Å²) < 4.78 is 38.1. The summed E-state index contributed by atoms with van der Waals surface area (Å²) in [5, 5.41) is 0. The molecule has 1 atom stereocenters. The van der Waals surface area contributed by atoms with E-state index in [1.165, 1.54) is 7.11 Å². The van der Waals surface area contributed by atoms with E-state index < -0.39 is 10.0 Å². The van der Waals surface area contributed by atoms with Crippen LogP contribution in [0.4, 0.5) is 5.69 Å². The summed E-state index contributed by atoms with van der Waals surface area (Å²) in [4.78, 5) is 13.9. The quantitative estimate of drug-likeness (QED) is 0.677. The van der Waals surface area contributed by atoms with Crippen LogP contribution in [0, 0.1) is 5.92 Å². The Labute approximate surface area is 174 Å². The van der Waals surface area contributed by atoms with Gasteiger partial charge in [-0.3, -0.25) is 4.79 Å². The van der Waals surface area contributed by atoms with Crippen LogP contribution < -0.4 is 9.64 Å². The van der Waals surface area contributed by atoms with Gasteiger partial charge in [0.05, 0.1) is 25.9 Å². The summed E-state index contributed by atoms with van der Waals surface area (Å²) in [6.45, 7) is 5.01. The minimum atomic E-state index is -3.43. The number of piperidine rings is 1. The number of fused-ring (bicyclic) bond motifs is 1. The summed E-state index contributed by atoms with van der Waals surface area (Å²) in [6.07, 6.45) is 1.78. The third-order valence-corrected chi connectivity index (χ3v) is 8.46. The van der Waals surface area contributed by atoms with Crippen molar-refractivity contribution >= 4 is 21.7 Å². The Hall–Kier alpha value is -1.80. The number of sulfonamides is 1. The topological polar surface area (TPSA) is 76.2 Å². The lowest BCUT2D eigenvalue weighted by molar-refractivity contribution is -0.146. The van der Waals surface area contributed by atoms with Crippen LogP contribution in [0.3, 0.4) is 0 Å². The molecule has 162 valence electrons. The largest absolute Gasteiger partial charge is 0.497 e. The van der Waals surface area contributed by atoms with Crippen molar-refractivity contribution in [2.24, 2.45) is 5.92 Å². The van der Waals surface area contributed by atoms with Gasteiger partial charge in [-0.2, -0.15) is 0 Å². The van der Waals surface area contributed by atoms with Gasteiger partial charge in [-0.15, -0.1) is 0 Å². The van der Waals surface area contributed by atoms with Crippen molar-refractivity contribution in [3.05, 3.63) is 23.8 Å². The molecule has 2 heterocycles. The molecule has 0 radical (unpaired) electrons.